The SMILES string of the molecule is CCN(Cc1ccccc1)c1ccc(N=Nc2cc(S(=O)(=O)CCOS(=O)(=O)O)ccc2C(=O)O)cc1. The largest absolute Gasteiger partial charge is 0.478 e. The molecule has 0 heterocycles. The molecule has 37 heavy (non-hydrogen) atoms. The van der Waals surface area contributed by atoms with Crippen molar-refractivity contribution in [3.63, 3.8) is 0 Å². The lowest BCUT2D eigenvalue weighted by Gasteiger charge is -2.23. The lowest BCUT2D eigenvalue weighted by molar-refractivity contribution is 0.0697. The molecule has 0 spiro atoms. The molecule has 0 aliphatic carbocycles. The third-order valence-corrected chi connectivity index (χ3v) is 7.37. The average molecular weight is 548 g/mol. The fourth-order valence-corrected chi connectivity index (χ4v) is 4.87. The fourth-order valence-electron chi connectivity index (χ4n) is 3.37. The summed E-state index contributed by atoms with van der Waals surface area (Å²) >= 11 is 0. The van der Waals surface area contributed by atoms with Gasteiger partial charge in [0.2, 0.25) is 0 Å². The number of benzene rings is 3. The zero-order chi connectivity index (χ0) is 27.1. The Morgan fingerprint density at radius 3 is 2.22 bits per heavy atom. The van der Waals surface area contributed by atoms with E-state index in [0.29, 0.717) is 5.69 Å². The number of hydrogen-bond acceptors (Lipinski definition) is 9. The third-order valence-electron chi connectivity index (χ3n) is 5.23. The van der Waals surface area contributed by atoms with Crippen LogP contribution in [-0.4, -0.2) is 51.4 Å². The molecule has 0 saturated carbocycles. The van der Waals surface area contributed by atoms with Gasteiger partial charge in [-0.1, -0.05) is 30.3 Å². The fraction of sp³-hybridized carbons (Fsp3) is 0.208. The monoisotopic (exact) mass is 547 g/mol. The normalized spacial score (nSPS) is 12.1. The molecule has 0 aliphatic rings. The number of carboxylic acids is 1. The number of rotatable bonds is 12. The molecule has 0 aromatic heterocycles. The van der Waals surface area contributed by atoms with Gasteiger partial charge in [0.05, 0.1) is 28.5 Å². The van der Waals surface area contributed by atoms with Crippen molar-refractivity contribution in [2.45, 2.75) is 18.4 Å². The molecule has 13 heteroatoms. The molecule has 2 N–H and O–H groups in total. The molecule has 0 amide bonds. The second-order valence-electron chi connectivity index (χ2n) is 7.77. The Balaban J connectivity index is 1.80. The van der Waals surface area contributed by atoms with Crippen LogP contribution in [0.2, 0.25) is 0 Å². The minimum Gasteiger partial charge on any atom is -0.478 e. The van der Waals surface area contributed by atoms with Gasteiger partial charge in [-0.15, -0.1) is 5.11 Å². The predicted molar refractivity (Wildman–Crippen MR) is 137 cm³/mol. The molecule has 0 radical (unpaired) electrons. The quantitative estimate of drug-likeness (QED) is 0.247. The topological polar surface area (TPSA) is 163 Å². The van der Waals surface area contributed by atoms with E-state index in [1.807, 2.05) is 49.4 Å². The zero-order valence-electron chi connectivity index (χ0n) is 19.8. The minimum atomic E-state index is -4.80. The summed E-state index contributed by atoms with van der Waals surface area (Å²) in [5, 5.41) is 17.5. The molecule has 11 nitrogen and oxygen atoms in total. The van der Waals surface area contributed by atoms with E-state index in [4.69, 9.17) is 4.55 Å². The summed E-state index contributed by atoms with van der Waals surface area (Å²) in [6.07, 6.45) is 0. The first-order valence-corrected chi connectivity index (χ1v) is 14.0. The van der Waals surface area contributed by atoms with Gasteiger partial charge in [0, 0.05) is 18.8 Å². The van der Waals surface area contributed by atoms with E-state index in [9.17, 15) is 26.7 Å². The molecule has 0 saturated heterocycles. The first-order chi connectivity index (χ1) is 17.5. The van der Waals surface area contributed by atoms with Gasteiger partial charge < -0.3 is 10.0 Å². The number of nitrogens with zero attached hydrogens (tertiary/aromatic N) is 3. The number of azo groups is 1. The number of sulfone groups is 1. The van der Waals surface area contributed by atoms with E-state index in [0.717, 1.165) is 42.5 Å². The van der Waals surface area contributed by atoms with E-state index in [1.54, 1.807) is 12.1 Å². The van der Waals surface area contributed by atoms with Crippen LogP contribution in [0.25, 0.3) is 0 Å². The second-order valence-corrected chi connectivity index (χ2v) is 11.0. The third kappa shape index (κ3) is 8.18. The predicted octanol–water partition coefficient (Wildman–Crippen LogP) is 4.42. The zero-order valence-corrected chi connectivity index (χ0v) is 21.4. The first kappa shape index (κ1) is 27.9. The van der Waals surface area contributed by atoms with Crippen LogP contribution < -0.4 is 4.90 Å². The average Bonchev–Trinajstić information content (AvgIpc) is 2.86. The molecule has 0 unspecified atom stereocenters. The Kier molecular flexibility index (Phi) is 9.10. The van der Waals surface area contributed by atoms with Crippen molar-refractivity contribution < 1.29 is 35.5 Å². The maximum Gasteiger partial charge on any atom is 0.397 e. The molecule has 0 bridgehead atoms. The lowest BCUT2D eigenvalue weighted by Crippen LogP contribution is -2.21. The Morgan fingerprint density at radius 1 is 0.946 bits per heavy atom. The Labute approximate surface area is 214 Å². The van der Waals surface area contributed by atoms with Crippen molar-refractivity contribution in [1.29, 1.82) is 0 Å². The molecule has 3 aromatic carbocycles. The molecule has 0 atom stereocenters. The van der Waals surface area contributed by atoms with E-state index < -0.39 is 38.6 Å². The van der Waals surface area contributed by atoms with Crippen molar-refractivity contribution in [1.82, 2.24) is 0 Å². The van der Waals surface area contributed by atoms with Crippen LogP contribution >= 0.6 is 0 Å². The van der Waals surface area contributed by atoms with Crippen LogP contribution in [0.5, 0.6) is 0 Å². The highest BCUT2D eigenvalue weighted by Crippen LogP contribution is 2.28. The smallest absolute Gasteiger partial charge is 0.397 e. The summed E-state index contributed by atoms with van der Waals surface area (Å²) < 4.78 is 59.0. The molecule has 3 aromatic rings. The lowest BCUT2D eigenvalue weighted by atomic mass is 10.2. The first-order valence-electron chi connectivity index (χ1n) is 11.0. The molecule has 0 aliphatic heterocycles. The van der Waals surface area contributed by atoms with Gasteiger partial charge in [0.25, 0.3) is 0 Å². The van der Waals surface area contributed by atoms with Crippen molar-refractivity contribution in [2.24, 2.45) is 10.2 Å². The summed E-state index contributed by atoms with van der Waals surface area (Å²) in [6.45, 7) is 2.72. The van der Waals surface area contributed by atoms with Gasteiger partial charge in [-0.2, -0.15) is 13.5 Å². The summed E-state index contributed by atoms with van der Waals surface area (Å²) in [4.78, 5) is 13.5. The molecular formula is C24H25N3O8S2. The van der Waals surface area contributed by atoms with Crippen molar-refractivity contribution in [2.75, 3.05) is 23.8 Å². The van der Waals surface area contributed by atoms with Gasteiger partial charge >= 0.3 is 16.4 Å². The van der Waals surface area contributed by atoms with E-state index in [-0.39, 0.29) is 16.1 Å². The van der Waals surface area contributed by atoms with Crippen LogP contribution in [0.3, 0.4) is 0 Å². The summed E-state index contributed by atoms with van der Waals surface area (Å²) in [5.41, 5.74) is 2.07. The van der Waals surface area contributed by atoms with Gasteiger partial charge in [0.1, 0.15) is 5.69 Å². The van der Waals surface area contributed by atoms with Crippen LogP contribution in [-0.2, 0) is 31.0 Å². The summed E-state index contributed by atoms with van der Waals surface area (Å²) in [6, 6.07) is 20.3. The maximum absolute atomic E-state index is 12.5. The molecule has 0 fully saturated rings. The van der Waals surface area contributed by atoms with Crippen LogP contribution in [0, 0.1) is 0 Å². The molecule has 3 rings (SSSR count). The minimum absolute atomic E-state index is 0.201. The summed E-state index contributed by atoms with van der Waals surface area (Å²) in [7, 11) is -8.87. The highest BCUT2D eigenvalue weighted by atomic mass is 32.3. The van der Waals surface area contributed by atoms with Crippen molar-refractivity contribution >= 4 is 43.3 Å². The number of anilines is 1. The molecule has 196 valence electrons. The van der Waals surface area contributed by atoms with Gasteiger partial charge in [0.15, 0.2) is 9.84 Å². The molecular weight excluding hydrogens is 522 g/mol. The number of carboxylic acid groups (broad SMARTS) is 1. The van der Waals surface area contributed by atoms with E-state index in [2.05, 4.69) is 19.3 Å². The number of carbonyl (C=O) groups is 1. The second kappa shape index (κ2) is 12.1. The van der Waals surface area contributed by atoms with Crippen molar-refractivity contribution in [3.05, 3.63) is 83.9 Å². The van der Waals surface area contributed by atoms with Gasteiger partial charge in [-0.3, -0.25) is 4.55 Å². The van der Waals surface area contributed by atoms with Crippen LogP contribution in [0.1, 0.15) is 22.8 Å². The highest BCUT2D eigenvalue weighted by molar-refractivity contribution is 7.91. The van der Waals surface area contributed by atoms with Crippen molar-refractivity contribution in [3.8, 4) is 0 Å². The number of hydrogen-bond donors (Lipinski definition) is 2. The van der Waals surface area contributed by atoms with Crippen LogP contribution in [0.4, 0.5) is 17.1 Å². The Bertz CT molecular complexity index is 1470. The van der Waals surface area contributed by atoms with E-state index in [1.165, 1.54) is 0 Å². The standard InChI is InChI=1S/C24H25N3O8S2/c1-2-27(17-18-6-4-3-5-7-18)20-10-8-19(9-11-20)25-26-23-16-21(12-13-22(23)24(28)29)36(30,31)15-14-35-37(32,33)34/h3-13,16H,2,14-15,17H2,1H3,(H,28,29)(H,32,33,34). The Hall–Kier alpha value is -3.65. The number of aromatic carboxylic acids is 1. The van der Waals surface area contributed by atoms with Crippen LogP contribution in [0.15, 0.2) is 87.9 Å². The van der Waals surface area contributed by atoms with Gasteiger partial charge in [-0.05, 0) is 55.0 Å². The Morgan fingerprint density at radius 2 is 1.62 bits per heavy atom. The maximum atomic E-state index is 12.5. The van der Waals surface area contributed by atoms with Gasteiger partial charge in [-0.25, -0.2) is 17.4 Å². The van der Waals surface area contributed by atoms with E-state index >= 15 is 0 Å². The summed E-state index contributed by atoms with van der Waals surface area (Å²) in [5.74, 6) is -2.10. The highest BCUT2D eigenvalue weighted by Gasteiger charge is 2.20.